The molecule has 0 saturated heterocycles. The largest absolute Gasteiger partial charge is 0.481 e. The van der Waals surface area contributed by atoms with Crippen LogP contribution in [0.25, 0.3) is 11.1 Å². The maximum atomic E-state index is 12.8. The molecule has 0 bridgehead atoms. The van der Waals surface area contributed by atoms with Gasteiger partial charge in [-0.05, 0) is 28.2 Å². The lowest BCUT2D eigenvalue weighted by molar-refractivity contribution is -0.143. The molecule has 1 aliphatic carbocycles. The smallest absolute Gasteiger partial charge is 0.407 e. The molecule has 2 amide bonds. The number of carboxylic acids is 1. The number of benzene rings is 2. The molecular formula is C25H30N2O5. The summed E-state index contributed by atoms with van der Waals surface area (Å²) >= 11 is 0. The highest BCUT2D eigenvalue weighted by molar-refractivity contribution is 5.86. The Kier molecular flexibility index (Phi) is 7.18. The van der Waals surface area contributed by atoms with Gasteiger partial charge in [0.05, 0.1) is 5.92 Å². The van der Waals surface area contributed by atoms with Gasteiger partial charge >= 0.3 is 12.1 Å². The molecule has 0 aliphatic heterocycles. The Morgan fingerprint density at radius 1 is 1.00 bits per heavy atom. The van der Waals surface area contributed by atoms with Gasteiger partial charge < -0.3 is 20.1 Å². The zero-order chi connectivity index (χ0) is 23.4. The first-order valence-electron chi connectivity index (χ1n) is 10.8. The monoisotopic (exact) mass is 438 g/mol. The lowest BCUT2D eigenvalue weighted by Gasteiger charge is -2.28. The number of alkyl carbamates (subject to hydrolysis) is 1. The van der Waals surface area contributed by atoms with E-state index in [2.05, 4.69) is 17.4 Å². The number of carbonyl (C=O) groups is 3. The fourth-order valence-corrected chi connectivity index (χ4v) is 4.10. The SMILES string of the molecule is CC(CN(C)C(=O)C(NC(=O)OCC1c2ccccc2-c2ccccc21)C(C)C)C(=O)O. The Morgan fingerprint density at radius 3 is 2.03 bits per heavy atom. The number of carboxylic acid groups (broad SMARTS) is 1. The van der Waals surface area contributed by atoms with E-state index >= 15 is 0 Å². The summed E-state index contributed by atoms with van der Waals surface area (Å²) in [6.07, 6.45) is -0.668. The molecule has 3 rings (SSSR count). The van der Waals surface area contributed by atoms with Crippen LogP contribution in [0.4, 0.5) is 4.79 Å². The highest BCUT2D eigenvalue weighted by Gasteiger charge is 2.31. The van der Waals surface area contributed by atoms with Crippen molar-refractivity contribution in [1.82, 2.24) is 10.2 Å². The van der Waals surface area contributed by atoms with Crippen molar-refractivity contribution in [3.05, 3.63) is 59.7 Å². The molecule has 0 fully saturated rings. The normalized spacial score (nSPS) is 14.3. The van der Waals surface area contributed by atoms with Crippen LogP contribution in [-0.2, 0) is 14.3 Å². The number of fused-ring (bicyclic) bond motifs is 3. The van der Waals surface area contributed by atoms with E-state index in [1.165, 1.54) is 18.9 Å². The number of nitrogens with zero attached hydrogens (tertiary/aromatic N) is 1. The molecule has 0 heterocycles. The molecule has 2 aromatic rings. The summed E-state index contributed by atoms with van der Waals surface area (Å²) in [5, 5.41) is 11.8. The Bertz CT molecular complexity index is 958. The minimum absolute atomic E-state index is 0.0593. The van der Waals surface area contributed by atoms with Crippen LogP contribution in [-0.4, -0.2) is 54.2 Å². The topological polar surface area (TPSA) is 95.9 Å². The van der Waals surface area contributed by atoms with Gasteiger partial charge in [0, 0.05) is 19.5 Å². The van der Waals surface area contributed by atoms with Gasteiger partial charge in [0.2, 0.25) is 5.91 Å². The van der Waals surface area contributed by atoms with Gasteiger partial charge in [-0.25, -0.2) is 4.79 Å². The third-order valence-electron chi connectivity index (χ3n) is 5.90. The Hall–Kier alpha value is -3.35. The first-order valence-corrected chi connectivity index (χ1v) is 10.8. The van der Waals surface area contributed by atoms with E-state index in [-0.39, 0.29) is 30.9 Å². The summed E-state index contributed by atoms with van der Waals surface area (Å²) < 4.78 is 5.55. The maximum Gasteiger partial charge on any atom is 0.407 e. The highest BCUT2D eigenvalue weighted by Crippen LogP contribution is 2.44. The standard InChI is InChI=1S/C25H30N2O5/c1-15(2)22(23(28)27(4)13-16(3)24(29)30)26-25(31)32-14-21-19-11-7-5-9-17(19)18-10-6-8-12-20(18)21/h5-12,15-16,21-22H,13-14H2,1-4H3,(H,26,31)(H,29,30). The van der Waals surface area contributed by atoms with Crippen LogP contribution < -0.4 is 5.32 Å². The number of rotatable bonds is 8. The minimum Gasteiger partial charge on any atom is -0.481 e. The summed E-state index contributed by atoms with van der Waals surface area (Å²) in [7, 11) is 1.54. The lowest BCUT2D eigenvalue weighted by atomic mass is 9.98. The lowest BCUT2D eigenvalue weighted by Crippen LogP contribution is -2.51. The van der Waals surface area contributed by atoms with E-state index < -0.39 is 24.0 Å². The van der Waals surface area contributed by atoms with Crippen LogP contribution in [0.3, 0.4) is 0 Å². The Balaban J connectivity index is 1.65. The fourth-order valence-electron chi connectivity index (χ4n) is 4.10. The molecule has 0 aromatic heterocycles. The number of hydrogen-bond donors (Lipinski definition) is 2. The second kappa shape index (κ2) is 9.85. The first kappa shape index (κ1) is 23.3. The van der Waals surface area contributed by atoms with Gasteiger partial charge in [0.15, 0.2) is 0 Å². The number of aliphatic carboxylic acids is 1. The third-order valence-corrected chi connectivity index (χ3v) is 5.90. The van der Waals surface area contributed by atoms with Gasteiger partial charge in [-0.3, -0.25) is 9.59 Å². The van der Waals surface area contributed by atoms with E-state index in [1.54, 1.807) is 0 Å². The van der Waals surface area contributed by atoms with Crippen LogP contribution in [0.1, 0.15) is 37.8 Å². The van der Waals surface area contributed by atoms with Crippen molar-refractivity contribution in [2.75, 3.05) is 20.2 Å². The second-order valence-corrected chi connectivity index (χ2v) is 8.65. The number of amides is 2. The molecule has 0 saturated carbocycles. The van der Waals surface area contributed by atoms with E-state index in [1.807, 2.05) is 50.2 Å². The average molecular weight is 439 g/mol. The van der Waals surface area contributed by atoms with E-state index in [9.17, 15) is 14.4 Å². The van der Waals surface area contributed by atoms with E-state index in [0.717, 1.165) is 22.3 Å². The molecule has 32 heavy (non-hydrogen) atoms. The Morgan fingerprint density at radius 2 is 1.53 bits per heavy atom. The predicted octanol–water partition coefficient (Wildman–Crippen LogP) is 3.73. The quantitative estimate of drug-likeness (QED) is 0.655. The second-order valence-electron chi connectivity index (χ2n) is 8.65. The molecule has 2 unspecified atom stereocenters. The molecule has 1 aliphatic rings. The van der Waals surface area contributed by atoms with Crippen molar-refractivity contribution in [2.24, 2.45) is 11.8 Å². The van der Waals surface area contributed by atoms with Crippen LogP contribution in [0, 0.1) is 11.8 Å². The Labute approximate surface area is 188 Å². The summed E-state index contributed by atoms with van der Waals surface area (Å²) in [4.78, 5) is 37.9. The van der Waals surface area contributed by atoms with Gasteiger partial charge in [-0.15, -0.1) is 0 Å². The minimum atomic E-state index is -0.977. The fraction of sp³-hybridized carbons (Fsp3) is 0.400. The average Bonchev–Trinajstić information content (AvgIpc) is 3.09. The van der Waals surface area contributed by atoms with Crippen molar-refractivity contribution in [1.29, 1.82) is 0 Å². The highest BCUT2D eigenvalue weighted by atomic mass is 16.5. The summed E-state index contributed by atoms with van der Waals surface area (Å²) in [5.74, 6) is -2.28. The molecule has 2 atom stereocenters. The van der Waals surface area contributed by atoms with Crippen molar-refractivity contribution in [3.63, 3.8) is 0 Å². The summed E-state index contributed by atoms with van der Waals surface area (Å²) in [5.41, 5.74) is 4.50. The van der Waals surface area contributed by atoms with Crippen molar-refractivity contribution in [2.45, 2.75) is 32.7 Å². The number of nitrogens with one attached hydrogen (secondary N) is 1. The van der Waals surface area contributed by atoms with Crippen LogP contribution in [0.15, 0.2) is 48.5 Å². The first-order chi connectivity index (χ1) is 15.2. The number of carbonyl (C=O) groups excluding carboxylic acids is 2. The maximum absolute atomic E-state index is 12.8. The van der Waals surface area contributed by atoms with Gasteiger partial charge in [-0.1, -0.05) is 69.3 Å². The zero-order valence-electron chi connectivity index (χ0n) is 18.9. The molecule has 2 N–H and O–H groups in total. The molecule has 0 radical (unpaired) electrons. The molecule has 0 spiro atoms. The molecule has 7 nitrogen and oxygen atoms in total. The summed E-state index contributed by atoms with van der Waals surface area (Å²) in [6, 6.07) is 15.3. The van der Waals surface area contributed by atoms with Gasteiger partial charge in [0.1, 0.15) is 12.6 Å². The van der Waals surface area contributed by atoms with Crippen LogP contribution in [0.5, 0.6) is 0 Å². The van der Waals surface area contributed by atoms with Gasteiger partial charge in [0.25, 0.3) is 0 Å². The number of likely N-dealkylation sites (N-methyl/N-ethyl adjacent to an activating group) is 1. The van der Waals surface area contributed by atoms with Crippen molar-refractivity contribution in [3.8, 4) is 11.1 Å². The molecular weight excluding hydrogens is 408 g/mol. The molecule has 170 valence electrons. The van der Waals surface area contributed by atoms with Crippen molar-refractivity contribution >= 4 is 18.0 Å². The molecule has 7 heteroatoms. The van der Waals surface area contributed by atoms with Crippen molar-refractivity contribution < 1.29 is 24.2 Å². The third kappa shape index (κ3) is 4.93. The van der Waals surface area contributed by atoms with E-state index in [0.29, 0.717) is 0 Å². The molecule has 2 aromatic carbocycles. The predicted molar refractivity (Wildman–Crippen MR) is 121 cm³/mol. The summed E-state index contributed by atoms with van der Waals surface area (Å²) in [6.45, 7) is 5.39. The van der Waals surface area contributed by atoms with E-state index in [4.69, 9.17) is 9.84 Å². The zero-order valence-corrected chi connectivity index (χ0v) is 18.9. The van der Waals surface area contributed by atoms with Gasteiger partial charge in [-0.2, -0.15) is 0 Å². The number of hydrogen-bond acceptors (Lipinski definition) is 4. The van der Waals surface area contributed by atoms with Crippen LogP contribution >= 0.6 is 0 Å². The van der Waals surface area contributed by atoms with Crippen LogP contribution in [0.2, 0.25) is 0 Å². The number of ether oxygens (including phenoxy) is 1.